The van der Waals surface area contributed by atoms with Gasteiger partial charge in [-0.1, -0.05) is 32.6 Å². The SMILES string of the molecule is [2H]C(O)(CCC)CCCC#CCCCCCCCOCOC. The van der Waals surface area contributed by atoms with Gasteiger partial charge < -0.3 is 14.6 Å². The van der Waals surface area contributed by atoms with Crippen LogP contribution in [0.25, 0.3) is 0 Å². The summed E-state index contributed by atoms with van der Waals surface area (Å²) in [7, 11) is 1.64. The van der Waals surface area contributed by atoms with E-state index in [4.69, 9.17) is 10.8 Å². The first-order valence-corrected chi connectivity index (χ1v) is 8.37. The van der Waals surface area contributed by atoms with Gasteiger partial charge in [-0.3, -0.25) is 0 Å². The van der Waals surface area contributed by atoms with Crippen molar-refractivity contribution in [3.05, 3.63) is 0 Å². The van der Waals surface area contributed by atoms with Gasteiger partial charge in [0.15, 0.2) is 0 Å². The van der Waals surface area contributed by atoms with Gasteiger partial charge in [-0.15, -0.1) is 11.8 Å². The molecule has 1 unspecified atom stereocenters. The highest BCUT2D eigenvalue weighted by atomic mass is 16.7. The summed E-state index contributed by atoms with van der Waals surface area (Å²) in [6.45, 7) is 3.17. The zero-order valence-electron chi connectivity index (χ0n) is 15.0. The molecule has 0 aromatic heterocycles. The van der Waals surface area contributed by atoms with Crippen LogP contribution in [0.15, 0.2) is 0 Å². The van der Waals surface area contributed by atoms with E-state index in [1.54, 1.807) is 7.11 Å². The molecule has 21 heavy (non-hydrogen) atoms. The Morgan fingerprint density at radius 3 is 2.38 bits per heavy atom. The molecule has 0 saturated heterocycles. The summed E-state index contributed by atoms with van der Waals surface area (Å²) in [6, 6.07) is 0. The maximum atomic E-state index is 9.71. The first-order valence-electron chi connectivity index (χ1n) is 8.87. The van der Waals surface area contributed by atoms with Gasteiger partial charge >= 0.3 is 0 Å². The van der Waals surface area contributed by atoms with E-state index in [0.29, 0.717) is 19.6 Å². The molecule has 0 rings (SSSR count). The van der Waals surface area contributed by atoms with Gasteiger partial charge in [0.05, 0.1) is 7.45 Å². The zero-order chi connectivity index (χ0) is 16.5. The number of rotatable bonds is 14. The first kappa shape index (κ1) is 18.5. The minimum Gasteiger partial charge on any atom is -0.393 e. The molecule has 3 nitrogen and oxygen atoms in total. The summed E-state index contributed by atoms with van der Waals surface area (Å²) >= 11 is 0. The van der Waals surface area contributed by atoms with Crippen molar-refractivity contribution in [3.63, 3.8) is 0 Å². The van der Waals surface area contributed by atoms with Gasteiger partial charge in [-0.25, -0.2) is 0 Å². The molecule has 0 spiro atoms. The van der Waals surface area contributed by atoms with Crippen molar-refractivity contribution in [3.8, 4) is 11.8 Å². The molecule has 0 heterocycles. The average molecular weight is 299 g/mol. The fourth-order valence-corrected chi connectivity index (χ4v) is 2.06. The van der Waals surface area contributed by atoms with Crippen molar-refractivity contribution in [2.24, 2.45) is 0 Å². The van der Waals surface area contributed by atoms with E-state index < -0.39 is 6.08 Å². The summed E-state index contributed by atoms with van der Waals surface area (Å²) in [6.07, 6.45) is 9.17. The van der Waals surface area contributed by atoms with Crippen molar-refractivity contribution in [2.45, 2.75) is 83.6 Å². The molecule has 0 saturated carbocycles. The van der Waals surface area contributed by atoms with E-state index in [1.807, 2.05) is 6.92 Å². The molecule has 1 atom stereocenters. The van der Waals surface area contributed by atoms with Gasteiger partial charge in [0.2, 0.25) is 0 Å². The summed E-state index contributed by atoms with van der Waals surface area (Å²) in [4.78, 5) is 0. The van der Waals surface area contributed by atoms with Crippen molar-refractivity contribution >= 4 is 0 Å². The highest BCUT2D eigenvalue weighted by Gasteiger charge is 2.00. The van der Waals surface area contributed by atoms with Gasteiger partial charge in [0.1, 0.15) is 6.79 Å². The van der Waals surface area contributed by atoms with E-state index in [1.165, 1.54) is 19.3 Å². The third-order valence-corrected chi connectivity index (χ3v) is 3.22. The summed E-state index contributed by atoms with van der Waals surface area (Å²) in [5, 5.41) is 9.71. The van der Waals surface area contributed by atoms with Gasteiger partial charge in [0.25, 0.3) is 0 Å². The minimum atomic E-state index is -1.25. The molecular weight excluding hydrogens is 264 g/mol. The normalized spacial score (nSPS) is 14.1. The average Bonchev–Trinajstić information content (AvgIpc) is 2.47. The quantitative estimate of drug-likeness (QED) is 0.295. The minimum absolute atomic E-state index is 0.394. The van der Waals surface area contributed by atoms with E-state index in [9.17, 15) is 5.11 Å². The van der Waals surface area contributed by atoms with Crippen LogP contribution < -0.4 is 0 Å². The van der Waals surface area contributed by atoms with E-state index in [0.717, 1.165) is 45.1 Å². The van der Waals surface area contributed by atoms with E-state index >= 15 is 0 Å². The molecule has 0 aliphatic carbocycles. The molecule has 124 valence electrons. The highest BCUT2D eigenvalue weighted by Crippen LogP contribution is 2.07. The van der Waals surface area contributed by atoms with Crippen LogP contribution >= 0.6 is 0 Å². The van der Waals surface area contributed by atoms with Gasteiger partial charge in [-0.05, 0) is 32.1 Å². The Morgan fingerprint density at radius 1 is 1.00 bits per heavy atom. The lowest BCUT2D eigenvalue weighted by atomic mass is 10.1. The second-order valence-electron chi connectivity index (χ2n) is 5.36. The molecule has 1 N–H and O–H groups in total. The Kier molecular flexibility index (Phi) is 15.4. The second kappa shape index (κ2) is 17.5. The summed E-state index contributed by atoms with van der Waals surface area (Å²) in [5.41, 5.74) is 0. The van der Waals surface area contributed by atoms with E-state index in [-0.39, 0.29) is 0 Å². The molecule has 0 amide bonds. The number of ether oxygens (including phenoxy) is 2. The number of unbranched alkanes of at least 4 members (excludes halogenated alkanes) is 6. The Hall–Kier alpha value is -0.560. The topological polar surface area (TPSA) is 38.7 Å². The van der Waals surface area contributed by atoms with Crippen LogP contribution in [0, 0.1) is 11.8 Å². The predicted octanol–water partition coefficient (Wildman–Crippen LogP) is 4.28. The lowest BCUT2D eigenvalue weighted by Gasteiger charge is -2.06. The number of aliphatic hydroxyl groups is 1. The molecule has 0 bridgehead atoms. The Bertz CT molecular complexity index is 294. The van der Waals surface area contributed by atoms with Crippen LogP contribution in [0.1, 0.15) is 78.9 Å². The molecule has 0 aromatic carbocycles. The number of hydrogen-bond donors (Lipinski definition) is 1. The fraction of sp³-hybridized carbons (Fsp3) is 0.889. The summed E-state index contributed by atoms with van der Waals surface area (Å²) < 4.78 is 17.7. The predicted molar refractivity (Wildman–Crippen MR) is 88.1 cm³/mol. The third-order valence-electron chi connectivity index (χ3n) is 3.22. The maximum Gasteiger partial charge on any atom is 0.146 e. The molecule has 0 aliphatic heterocycles. The molecule has 0 aromatic rings. The van der Waals surface area contributed by atoms with Crippen LogP contribution in [-0.2, 0) is 9.47 Å². The molecule has 0 fully saturated rings. The van der Waals surface area contributed by atoms with Gasteiger partial charge in [0, 0.05) is 26.6 Å². The lowest BCUT2D eigenvalue weighted by Crippen LogP contribution is -2.04. The molecule has 3 heteroatoms. The highest BCUT2D eigenvalue weighted by molar-refractivity contribution is 4.98. The molecule has 0 aliphatic rings. The van der Waals surface area contributed by atoms with Crippen LogP contribution in [0.3, 0.4) is 0 Å². The van der Waals surface area contributed by atoms with Crippen LogP contribution in [0.5, 0.6) is 0 Å². The van der Waals surface area contributed by atoms with Crippen molar-refractivity contribution in [1.82, 2.24) is 0 Å². The van der Waals surface area contributed by atoms with Crippen molar-refractivity contribution < 1.29 is 16.0 Å². The second-order valence-corrected chi connectivity index (χ2v) is 5.36. The van der Waals surface area contributed by atoms with Crippen molar-refractivity contribution in [1.29, 1.82) is 0 Å². The molecule has 0 radical (unpaired) electrons. The zero-order valence-corrected chi connectivity index (χ0v) is 14.0. The first-order chi connectivity index (χ1) is 10.6. The largest absolute Gasteiger partial charge is 0.393 e. The fourth-order valence-electron chi connectivity index (χ4n) is 2.06. The number of hydrogen-bond acceptors (Lipinski definition) is 3. The van der Waals surface area contributed by atoms with E-state index in [2.05, 4.69) is 11.8 Å². The van der Waals surface area contributed by atoms with Gasteiger partial charge in [-0.2, -0.15) is 0 Å². The van der Waals surface area contributed by atoms with Crippen LogP contribution in [0.2, 0.25) is 0 Å². The monoisotopic (exact) mass is 299 g/mol. The standard InChI is InChI=1S/C18H34O3/c1-3-14-18(19)15-12-10-8-6-4-5-7-9-11-13-16-21-17-20-2/h18-19H,3-5,7,9-17H2,1-2H3/i18D. The summed E-state index contributed by atoms with van der Waals surface area (Å²) in [5.74, 6) is 6.34. The Balaban J connectivity index is 3.29. The maximum absolute atomic E-state index is 9.71. The Morgan fingerprint density at radius 2 is 1.67 bits per heavy atom. The van der Waals surface area contributed by atoms with Crippen molar-refractivity contribution in [2.75, 3.05) is 20.5 Å². The smallest absolute Gasteiger partial charge is 0.146 e. The Labute approximate surface area is 132 Å². The van der Waals surface area contributed by atoms with Crippen LogP contribution in [-0.4, -0.2) is 31.7 Å². The molecular formula is C18H34O3. The number of methoxy groups -OCH3 is 1. The lowest BCUT2D eigenvalue weighted by molar-refractivity contribution is -0.0315. The third kappa shape index (κ3) is 17.4. The van der Waals surface area contributed by atoms with Crippen LogP contribution in [0.4, 0.5) is 0 Å².